The average Bonchev–Trinajstić information content (AvgIpc) is 2.14. The molecule has 5 heteroatoms. The summed E-state index contributed by atoms with van der Waals surface area (Å²) in [5, 5.41) is 0.327. The Balaban J connectivity index is 2.99. The normalized spacial score (nSPS) is 10.9. The molecule has 0 bridgehead atoms. The second kappa shape index (κ2) is 3.38. The molecule has 1 nitrogen and oxygen atoms in total. The first-order valence-electron chi connectivity index (χ1n) is 3.68. The quantitative estimate of drug-likeness (QED) is 0.538. The summed E-state index contributed by atoms with van der Waals surface area (Å²) in [4.78, 5) is 3.76. The molecule has 1 aromatic carbocycles. The Morgan fingerprint density at radius 3 is 2.50 bits per heavy atom. The Morgan fingerprint density at radius 2 is 1.79 bits per heavy atom. The molecule has 0 amide bonds. The van der Waals surface area contributed by atoms with Gasteiger partial charge >= 0.3 is 0 Å². The lowest BCUT2D eigenvalue weighted by atomic mass is 10.1. The number of halogens is 4. The van der Waals surface area contributed by atoms with E-state index in [2.05, 4.69) is 4.98 Å². The van der Waals surface area contributed by atoms with E-state index in [1.165, 1.54) is 12.4 Å². The Hall–Kier alpha value is -0.850. The summed E-state index contributed by atoms with van der Waals surface area (Å²) < 4.78 is 39.4. The SMILES string of the molecule is Fc1cc2cncc(I)c2c(F)c1F. The van der Waals surface area contributed by atoms with Gasteiger partial charge in [0.1, 0.15) is 0 Å². The molecule has 2 aromatic rings. The van der Waals surface area contributed by atoms with E-state index in [0.717, 1.165) is 6.07 Å². The van der Waals surface area contributed by atoms with Gasteiger partial charge < -0.3 is 0 Å². The van der Waals surface area contributed by atoms with Gasteiger partial charge in [0, 0.05) is 26.7 Å². The zero-order valence-electron chi connectivity index (χ0n) is 6.69. The molecule has 0 saturated heterocycles. The van der Waals surface area contributed by atoms with E-state index < -0.39 is 17.5 Å². The van der Waals surface area contributed by atoms with Gasteiger partial charge in [-0.2, -0.15) is 0 Å². The summed E-state index contributed by atoms with van der Waals surface area (Å²) in [7, 11) is 0. The number of hydrogen-bond donors (Lipinski definition) is 0. The smallest absolute Gasteiger partial charge is 0.195 e. The zero-order valence-corrected chi connectivity index (χ0v) is 8.85. The Bertz CT molecular complexity index is 513. The molecule has 14 heavy (non-hydrogen) atoms. The molecule has 0 fully saturated rings. The summed E-state index contributed by atoms with van der Waals surface area (Å²) in [6.45, 7) is 0. The van der Waals surface area contributed by atoms with Crippen LogP contribution in [0.2, 0.25) is 0 Å². The Kier molecular flexibility index (Phi) is 2.34. The van der Waals surface area contributed by atoms with E-state index in [1.807, 2.05) is 22.6 Å². The minimum atomic E-state index is -1.44. The van der Waals surface area contributed by atoms with Gasteiger partial charge in [-0.1, -0.05) is 0 Å². The third-order valence-corrected chi connectivity index (χ3v) is 2.65. The third-order valence-electron chi connectivity index (χ3n) is 1.83. The highest BCUT2D eigenvalue weighted by atomic mass is 127. The van der Waals surface area contributed by atoms with Crippen LogP contribution < -0.4 is 0 Å². The van der Waals surface area contributed by atoms with Crippen LogP contribution in [0.25, 0.3) is 10.8 Å². The van der Waals surface area contributed by atoms with Gasteiger partial charge in [-0.25, -0.2) is 13.2 Å². The van der Waals surface area contributed by atoms with Crippen molar-refractivity contribution in [2.45, 2.75) is 0 Å². The molecule has 0 aliphatic carbocycles. The summed E-state index contributed by atoms with van der Waals surface area (Å²) in [6, 6.07) is 0.933. The number of hydrogen-bond acceptors (Lipinski definition) is 1. The van der Waals surface area contributed by atoms with Crippen LogP contribution in [0.15, 0.2) is 18.5 Å². The predicted molar refractivity (Wildman–Crippen MR) is 54.3 cm³/mol. The van der Waals surface area contributed by atoms with Crippen molar-refractivity contribution in [3.05, 3.63) is 39.5 Å². The van der Waals surface area contributed by atoms with Crippen molar-refractivity contribution in [3.63, 3.8) is 0 Å². The highest BCUT2D eigenvalue weighted by molar-refractivity contribution is 14.1. The lowest BCUT2D eigenvalue weighted by molar-refractivity contribution is 0.453. The third kappa shape index (κ3) is 1.35. The molecule has 0 aliphatic rings. The van der Waals surface area contributed by atoms with Gasteiger partial charge in [0.25, 0.3) is 0 Å². The molecular weight excluding hydrogens is 306 g/mol. The van der Waals surface area contributed by atoms with E-state index in [9.17, 15) is 13.2 Å². The molecule has 0 unspecified atom stereocenters. The van der Waals surface area contributed by atoms with Crippen molar-refractivity contribution >= 4 is 33.4 Å². The van der Waals surface area contributed by atoms with Crippen LogP contribution in [-0.4, -0.2) is 4.98 Å². The minimum absolute atomic E-state index is 0.0690. The average molecular weight is 309 g/mol. The first-order valence-corrected chi connectivity index (χ1v) is 4.76. The van der Waals surface area contributed by atoms with E-state index in [1.54, 1.807) is 0 Å². The molecule has 0 N–H and O–H groups in total. The van der Waals surface area contributed by atoms with Gasteiger partial charge in [0.2, 0.25) is 0 Å². The van der Waals surface area contributed by atoms with Crippen LogP contribution in [0.3, 0.4) is 0 Å². The van der Waals surface area contributed by atoms with E-state index >= 15 is 0 Å². The van der Waals surface area contributed by atoms with Gasteiger partial charge in [0.15, 0.2) is 17.5 Å². The van der Waals surface area contributed by atoms with Gasteiger partial charge in [-0.05, 0) is 28.7 Å². The molecule has 0 spiro atoms. The predicted octanol–water partition coefficient (Wildman–Crippen LogP) is 3.26. The van der Waals surface area contributed by atoms with E-state index in [0.29, 0.717) is 3.57 Å². The molecule has 2 rings (SSSR count). The van der Waals surface area contributed by atoms with Crippen LogP contribution in [0.4, 0.5) is 13.2 Å². The molecule has 1 aromatic heterocycles. The van der Waals surface area contributed by atoms with E-state index in [4.69, 9.17) is 0 Å². The molecule has 0 atom stereocenters. The lowest BCUT2D eigenvalue weighted by Crippen LogP contribution is -1.94. The maximum absolute atomic E-state index is 13.3. The first-order chi connectivity index (χ1) is 6.61. The highest BCUT2D eigenvalue weighted by Gasteiger charge is 2.15. The maximum atomic E-state index is 13.3. The molecular formula is C9H3F3IN. The number of aromatic nitrogens is 1. The molecule has 0 saturated carbocycles. The van der Waals surface area contributed by atoms with E-state index in [-0.39, 0.29) is 10.8 Å². The van der Waals surface area contributed by atoms with Crippen LogP contribution in [0, 0.1) is 21.0 Å². The molecule has 0 radical (unpaired) electrons. The van der Waals surface area contributed by atoms with Crippen LogP contribution >= 0.6 is 22.6 Å². The van der Waals surface area contributed by atoms with Crippen LogP contribution in [-0.2, 0) is 0 Å². The second-order valence-electron chi connectivity index (χ2n) is 2.71. The standard InChI is InChI=1S/C9H3F3IN/c10-5-1-4-2-14-3-6(13)7(4)9(12)8(5)11/h1-3H. The monoisotopic (exact) mass is 309 g/mol. The van der Waals surface area contributed by atoms with Gasteiger partial charge in [0.05, 0.1) is 0 Å². The summed E-state index contributed by atoms with van der Waals surface area (Å²) >= 11 is 1.82. The lowest BCUT2D eigenvalue weighted by Gasteiger charge is -2.03. The van der Waals surface area contributed by atoms with Crippen LogP contribution in [0.5, 0.6) is 0 Å². The first kappa shape index (κ1) is 9.70. The fourth-order valence-corrected chi connectivity index (χ4v) is 1.91. The summed E-state index contributed by atoms with van der Waals surface area (Å²) in [6.07, 6.45) is 2.69. The highest BCUT2D eigenvalue weighted by Crippen LogP contribution is 2.25. The Morgan fingerprint density at radius 1 is 1.07 bits per heavy atom. The maximum Gasteiger partial charge on any atom is 0.195 e. The van der Waals surface area contributed by atoms with Crippen molar-refractivity contribution in [1.29, 1.82) is 0 Å². The number of benzene rings is 1. The number of rotatable bonds is 0. The van der Waals surface area contributed by atoms with Crippen LogP contribution in [0.1, 0.15) is 0 Å². The number of fused-ring (bicyclic) bond motifs is 1. The molecule has 1 heterocycles. The summed E-state index contributed by atoms with van der Waals surface area (Å²) in [5.41, 5.74) is 0. The minimum Gasteiger partial charge on any atom is -0.263 e. The van der Waals surface area contributed by atoms with Crippen molar-refractivity contribution < 1.29 is 13.2 Å². The summed E-state index contributed by atoms with van der Waals surface area (Å²) in [5.74, 6) is -3.80. The van der Waals surface area contributed by atoms with Crippen molar-refractivity contribution in [2.24, 2.45) is 0 Å². The number of pyridine rings is 1. The molecule has 0 aliphatic heterocycles. The topological polar surface area (TPSA) is 12.9 Å². The van der Waals surface area contributed by atoms with Crippen molar-refractivity contribution in [2.75, 3.05) is 0 Å². The fraction of sp³-hybridized carbons (Fsp3) is 0. The fourth-order valence-electron chi connectivity index (χ4n) is 1.21. The zero-order chi connectivity index (χ0) is 10.3. The largest absolute Gasteiger partial charge is 0.263 e. The van der Waals surface area contributed by atoms with Gasteiger partial charge in [-0.15, -0.1) is 0 Å². The van der Waals surface area contributed by atoms with Gasteiger partial charge in [-0.3, -0.25) is 4.98 Å². The molecule has 72 valence electrons. The van der Waals surface area contributed by atoms with Crippen molar-refractivity contribution in [3.8, 4) is 0 Å². The second-order valence-corrected chi connectivity index (χ2v) is 3.87. The number of nitrogens with zero attached hydrogens (tertiary/aromatic N) is 1. The van der Waals surface area contributed by atoms with Crippen molar-refractivity contribution in [1.82, 2.24) is 4.98 Å². The Labute approximate surface area is 91.1 Å².